The predicted molar refractivity (Wildman–Crippen MR) is 62.6 cm³/mol. The Morgan fingerprint density at radius 1 is 1.07 bits per heavy atom. The number of fused-ring (bicyclic) bond motifs is 1. The Hall–Kier alpha value is -1.31. The Bertz CT molecular complexity index is 350. The van der Waals surface area contributed by atoms with Crippen LogP contribution in [-0.2, 0) is 0 Å². The van der Waals surface area contributed by atoms with Crippen LogP contribution in [0.2, 0.25) is 0 Å². The van der Waals surface area contributed by atoms with E-state index in [0.717, 1.165) is 5.65 Å². The zero-order chi connectivity index (χ0) is 11.0. The van der Waals surface area contributed by atoms with Crippen LogP contribution < -0.4 is 0 Å². The van der Waals surface area contributed by atoms with Gasteiger partial charge >= 0.3 is 0 Å². The average molecular weight is 192 g/mol. The Morgan fingerprint density at radius 2 is 1.71 bits per heavy atom. The van der Waals surface area contributed by atoms with Crippen molar-refractivity contribution in [2.24, 2.45) is 0 Å². The van der Waals surface area contributed by atoms with Gasteiger partial charge in [-0.2, -0.15) is 0 Å². The molecule has 0 atom stereocenters. The van der Waals surface area contributed by atoms with Gasteiger partial charge in [0.2, 0.25) is 0 Å². The average Bonchev–Trinajstić information content (AvgIpc) is 2.67. The summed E-state index contributed by atoms with van der Waals surface area (Å²) in [7, 11) is 0. The third kappa shape index (κ3) is 2.87. The van der Waals surface area contributed by atoms with E-state index in [1.807, 2.05) is 46.0 Å². The molecule has 0 spiro atoms. The maximum atomic E-state index is 4.16. The molecule has 2 aromatic rings. The normalized spacial score (nSPS) is 8.36. The lowest BCUT2D eigenvalue weighted by Crippen LogP contribution is -1.86. The van der Waals surface area contributed by atoms with Crippen LogP contribution in [0.15, 0.2) is 30.6 Å². The smallest absolute Gasteiger partial charge is 0.136 e. The van der Waals surface area contributed by atoms with Crippen LogP contribution in [0.1, 0.15) is 33.4 Å². The van der Waals surface area contributed by atoms with Crippen LogP contribution in [0.25, 0.3) is 5.65 Å². The Balaban J connectivity index is 0.000000379. The van der Waals surface area contributed by atoms with Gasteiger partial charge in [0.05, 0.1) is 0 Å². The van der Waals surface area contributed by atoms with Crippen molar-refractivity contribution in [2.75, 3.05) is 0 Å². The quantitative estimate of drug-likeness (QED) is 0.622. The van der Waals surface area contributed by atoms with E-state index in [4.69, 9.17) is 0 Å². The highest BCUT2D eigenvalue weighted by Crippen LogP contribution is 2.04. The van der Waals surface area contributed by atoms with Crippen molar-refractivity contribution in [3.63, 3.8) is 0 Å². The number of hydrogen-bond acceptors (Lipinski definition) is 1. The van der Waals surface area contributed by atoms with Crippen molar-refractivity contribution in [1.82, 2.24) is 9.38 Å². The van der Waals surface area contributed by atoms with E-state index in [-0.39, 0.29) is 0 Å². The Labute approximate surface area is 86.6 Å². The highest BCUT2D eigenvalue weighted by Gasteiger charge is 1.92. The van der Waals surface area contributed by atoms with Gasteiger partial charge in [-0.15, -0.1) is 0 Å². The van der Waals surface area contributed by atoms with Crippen LogP contribution in [0, 0.1) is 6.92 Å². The van der Waals surface area contributed by atoms with E-state index < -0.39 is 0 Å². The zero-order valence-corrected chi connectivity index (χ0v) is 9.78. The molecule has 0 aliphatic carbocycles. The molecular weight excluding hydrogens is 172 g/mol. The third-order valence-electron chi connectivity index (χ3n) is 1.63. The van der Waals surface area contributed by atoms with Gasteiger partial charge in [0.15, 0.2) is 0 Å². The number of aryl methyl sites for hydroxylation is 1. The summed E-state index contributed by atoms with van der Waals surface area (Å²) in [6.07, 6.45) is 3.81. The van der Waals surface area contributed by atoms with Gasteiger partial charge in [0.25, 0.3) is 0 Å². The fourth-order valence-electron chi connectivity index (χ4n) is 1.08. The molecule has 78 valence electrons. The molecule has 2 aromatic heterocycles. The molecule has 2 rings (SSSR count). The molecule has 0 saturated heterocycles. The molecule has 0 aromatic carbocycles. The van der Waals surface area contributed by atoms with Crippen molar-refractivity contribution in [1.29, 1.82) is 0 Å². The van der Waals surface area contributed by atoms with Crippen LogP contribution in [0.4, 0.5) is 0 Å². The van der Waals surface area contributed by atoms with Crippen molar-refractivity contribution in [2.45, 2.75) is 34.6 Å². The van der Waals surface area contributed by atoms with Gasteiger partial charge in [-0.25, -0.2) is 4.98 Å². The SMILES string of the molecule is CC.CC.Cc1ccc2ncccn12. The van der Waals surface area contributed by atoms with Gasteiger partial charge in [-0.05, 0) is 25.1 Å². The summed E-state index contributed by atoms with van der Waals surface area (Å²) in [6, 6.07) is 6.00. The largest absolute Gasteiger partial charge is 0.306 e. The lowest BCUT2D eigenvalue weighted by molar-refractivity contribution is 1.07. The molecule has 2 heterocycles. The maximum Gasteiger partial charge on any atom is 0.136 e. The van der Waals surface area contributed by atoms with Crippen molar-refractivity contribution >= 4 is 5.65 Å². The topological polar surface area (TPSA) is 17.3 Å². The van der Waals surface area contributed by atoms with Gasteiger partial charge < -0.3 is 4.40 Å². The summed E-state index contributed by atoms with van der Waals surface area (Å²) in [5.74, 6) is 0. The monoisotopic (exact) mass is 192 g/mol. The second-order valence-electron chi connectivity index (χ2n) is 2.32. The first-order valence-electron chi connectivity index (χ1n) is 5.26. The zero-order valence-electron chi connectivity index (χ0n) is 9.78. The summed E-state index contributed by atoms with van der Waals surface area (Å²) < 4.78 is 2.06. The first-order chi connectivity index (χ1) is 6.88. The summed E-state index contributed by atoms with van der Waals surface area (Å²) in [5, 5.41) is 0. The molecular formula is C12H20N2. The van der Waals surface area contributed by atoms with E-state index in [1.54, 1.807) is 6.20 Å². The first kappa shape index (κ1) is 12.7. The van der Waals surface area contributed by atoms with Crippen LogP contribution >= 0.6 is 0 Å². The van der Waals surface area contributed by atoms with Gasteiger partial charge in [0, 0.05) is 18.1 Å². The molecule has 0 radical (unpaired) electrons. The molecule has 0 aliphatic heterocycles. The molecule has 0 amide bonds. The first-order valence-corrected chi connectivity index (χ1v) is 5.26. The molecule has 0 saturated carbocycles. The van der Waals surface area contributed by atoms with E-state index >= 15 is 0 Å². The highest BCUT2D eigenvalue weighted by atomic mass is 15.0. The van der Waals surface area contributed by atoms with E-state index in [9.17, 15) is 0 Å². The van der Waals surface area contributed by atoms with Gasteiger partial charge in [-0.1, -0.05) is 27.7 Å². The number of rotatable bonds is 0. The lowest BCUT2D eigenvalue weighted by atomic mass is 10.5. The minimum Gasteiger partial charge on any atom is -0.306 e. The molecule has 0 aliphatic rings. The molecule has 2 heteroatoms. The molecule has 2 nitrogen and oxygen atoms in total. The molecule has 0 fully saturated rings. The number of hydrogen-bond donors (Lipinski definition) is 0. The van der Waals surface area contributed by atoms with Crippen LogP contribution in [0.3, 0.4) is 0 Å². The fourth-order valence-corrected chi connectivity index (χ4v) is 1.08. The van der Waals surface area contributed by atoms with Gasteiger partial charge in [0.1, 0.15) is 5.65 Å². The third-order valence-corrected chi connectivity index (χ3v) is 1.63. The van der Waals surface area contributed by atoms with Crippen molar-refractivity contribution in [3.05, 3.63) is 36.3 Å². The predicted octanol–water partition coefficient (Wildman–Crippen LogP) is 3.70. The van der Waals surface area contributed by atoms with Crippen molar-refractivity contribution < 1.29 is 0 Å². The Kier molecular flexibility index (Phi) is 6.46. The van der Waals surface area contributed by atoms with Crippen LogP contribution in [0.5, 0.6) is 0 Å². The summed E-state index contributed by atoms with van der Waals surface area (Å²) in [6.45, 7) is 10.1. The maximum absolute atomic E-state index is 4.16. The van der Waals surface area contributed by atoms with Crippen LogP contribution in [-0.4, -0.2) is 9.38 Å². The standard InChI is InChI=1S/C8H8N2.2C2H6/c1-7-3-4-8-9-5-2-6-10(7)8;2*1-2/h2-6H,1H3;2*1-2H3. The number of aromatic nitrogens is 2. The molecule has 0 bridgehead atoms. The van der Waals surface area contributed by atoms with Gasteiger partial charge in [-0.3, -0.25) is 0 Å². The number of nitrogens with zero attached hydrogens (tertiary/aromatic N) is 2. The second-order valence-corrected chi connectivity index (χ2v) is 2.32. The van der Waals surface area contributed by atoms with Crippen molar-refractivity contribution in [3.8, 4) is 0 Å². The summed E-state index contributed by atoms with van der Waals surface area (Å²) in [4.78, 5) is 4.16. The minimum atomic E-state index is 1.01. The summed E-state index contributed by atoms with van der Waals surface area (Å²) in [5.41, 5.74) is 2.24. The Morgan fingerprint density at radius 3 is 2.29 bits per heavy atom. The summed E-state index contributed by atoms with van der Waals surface area (Å²) >= 11 is 0. The second kappa shape index (κ2) is 7.13. The molecule has 0 unspecified atom stereocenters. The lowest BCUT2D eigenvalue weighted by Gasteiger charge is -1.92. The highest BCUT2D eigenvalue weighted by molar-refractivity contribution is 5.40. The fraction of sp³-hybridized carbons (Fsp3) is 0.417. The minimum absolute atomic E-state index is 1.01. The van der Waals surface area contributed by atoms with E-state index in [1.165, 1.54) is 5.69 Å². The molecule has 14 heavy (non-hydrogen) atoms. The van der Waals surface area contributed by atoms with E-state index in [2.05, 4.69) is 22.4 Å². The van der Waals surface area contributed by atoms with E-state index in [0.29, 0.717) is 0 Å². The molecule has 0 N–H and O–H groups in total.